The molecule has 10 heteroatoms. The van der Waals surface area contributed by atoms with Crippen molar-refractivity contribution in [3.05, 3.63) is 64.6 Å². The third-order valence-corrected chi connectivity index (χ3v) is 6.34. The third-order valence-electron chi connectivity index (χ3n) is 5.72. The Labute approximate surface area is 192 Å². The lowest BCUT2D eigenvalue weighted by Gasteiger charge is -2.35. The van der Waals surface area contributed by atoms with Crippen LogP contribution in [0.1, 0.15) is 18.5 Å². The molecule has 8 nitrogen and oxygen atoms in total. The number of hydrogen-bond donors (Lipinski definition) is 3. The van der Waals surface area contributed by atoms with Crippen LogP contribution >= 0.6 is 15.9 Å². The molecule has 3 N–H and O–H groups in total. The Morgan fingerprint density at radius 2 is 1.97 bits per heavy atom. The molecule has 0 spiro atoms. The van der Waals surface area contributed by atoms with Crippen LogP contribution in [0.4, 0.5) is 16.2 Å². The first kappa shape index (κ1) is 20.8. The lowest BCUT2D eigenvalue weighted by atomic mass is 9.80. The van der Waals surface area contributed by atoms with E-state index in [1.165, 1.54) is 0 Å². The van der Waals surface area contributed by atoms with Gasteiger partial charge in [-0.2, -0.15) is 4.98 Å². The number of rotatable bonds is 7. The minimum Gasteiger partial charge on any atom is -0.396 e. The Bertz CT molecular complexity index is 1250. The van der Waals surface area contributed by atoms with E-state index in [2.05, 4.69) is 46.8 Å². The van der Waals surface area contributed by atoms with Crippen LogP contribution in [0.15, 0.2) is 53.1 Å². The van der Waals surface area contributed by atoms with Crippen molar-refractivity contribution >= 4 is 38.6 Å². The highest BCUT2D eigenvalue weighted by Crippen LogP contribution is 2.32. The zero-order valence-electron chi connectivity index (χ0n) is 17.0. The van der Waals surface area contributed by atoms with Gasteiger partial charge in [-0.15, -0.1) is 5.10 Å². The predicted molar refractivity (Wildman–Crippen MR) is 123 cm³/mol. The van der Waals surface area contributed by atoms with Crippen LogP contribution in [0.3, 0.4) is 0 Å². The first-order valence-corrected chi connectivity index (χ1v) is 11.2. The Morgan fingerprint density at radius 3 is 2.72 bits per heavy atom. The molecular formula is C22H21BrFN7O. The molecule has 4 aromatic rings. The van der Waals surface area contributed by atoms with Gasteiger partial charge in [0.05, 0.1) is 22.9 Å². The topological polar surface area (TPSA) is 101 Å². The summed E-state index contributed by atoms with van der Waals surface area (Å²) >= 11 is 3.23. The quantitative estimate of drug-likeness (QED) is 0.355. The molecule has 0 amide bonds. The summed E-state index contributed by atoms with van der Waals surface area (Å²) in [5.74, 6) is 0.538. The molecule has 1 aliphatic carbocycles. The van der Waals surface area contributed by atoms with Gasteiger partial charge < -0.3 is 15.7 Å². The zero-order chi connectivity index (χ0) is 22.1. The highest BCUT2D eigenvalue weighted by atomic mass is 79.9. The molecule has 2 atom stereocenters. The van der Waals surface area contributed by atoms with Crippen LogP contribution in [-0.4, -0.2) is 42.7 Å². The Balaban J connectivity index is 1.42. The van der Waals surface area contributed by atoms with E-state index in [-0.39, 0.29) is 24.1 Å². The van der Waals surface area contributed by atoms with E-state index < -0.39 is 5.82 Å². The number of aliphatic hydroxyl groups is 1. The number of halogens is 2. The summed E-state index contributed by atoms with van der Waals surface area (Å²) in [4.78, 5) is 8.99. The summed E-state index contributed by atoms with van der Waals surface area (Å²) in [5, 5.41) is 24.9. The van der Waals surface area contributed by atoms with Crippen molar-refractivity contribution in [2.45, 2.75) is 25.4 Å². The summed E-state index contributed by atoms with van der Waals surface area (Å²) in [6, 6.07) is 13.2. The molecule has 0 bridgehead atoms. The van der Waals surface area contributed by atoms with Crippen molar-refractivity contribution in [3.63, 3.8) is 0 Å². The number of fused-ring (bicyclic) bond motifs is 1. The Morgan fingerprint density at radius 1 is 1.12 bits per heavy atom. The molecular weight excluding hydrogens is 477 g/mol. The molecule has 5 rings (SSSR count). The van der Waals surface area contributed by atoms with Gasteiger partial charge in [0.15, 0.2) is 5.82 Å². The molecule has 32 heavy (non-hydrogen) atoms. The number of aromatic nitrogens is 5. The monoisotopic (exact) mass is 497 g/mol. The van der Waals surface area contributed by atoms with E-state index in [1.807, 2.05) is 36.5 Å². The van der Waals surface area contributed by atoms with E-state index in [1.54, 1.807) is 16.8 Å². The minimum atomic E-state index is -0.446. The molecule has 0 aliphatic heterocycles. The maximum atomic E-state index is 14.8. The average Bonchev–Trinajstić information content (AvgIpc) is 3.28. The number of para-hydroxylation sites is 1. The molecule has 2 aromatic heterocycles. The fourth-order valence-corrected chi connectivity index (χ4v) is 4.06. The maximum absolute atomic E-state index is 14.8. The Hall–Kier alpha value is -3.11. The summed E-state index contributed by atoms with van der Waals surface area (Å²) in [6.45, 7) is 0.464. The molecule has 0 radical (unpaired) electrons. The van der Waals surface area contributed by atoms with Crippen molar-refractivity contribution in [1.82, 2.24) is 25.0 Å². The number of nitrogens with one attached hydrogen (secondary N) is 2. The van der Waals surface area contributed by atoms with Gasteiger partial charge in [-0.05, 0) is 53.0 Å². The second-order valence-electron chi connectivity index (χ2n) is 7.77. The van der Waals surface area contributed by atoms with Crippen molar-refractivity contribution in [3.8, 4) is 5.69 Å². The van der Waals surface area contributed by atoms with Crippen molar-refractivity contribution < 1.29 is 9.50 Å². The van der Waals surface area contributed by atoms with Crippen LogP contribution in [0.25, 0.3) is 16.6 Å². The predicted octanol–water partition coefficient (Wildman–Crippen LogP) is 3.91. The SMILES string of the molecule is OC[C@@H]1CC[C@@H]1Nc1nc(NCc2cn(-c3ccccc3)nn2)c2ccc(Br)c(F)c2n1. The minimum absolute atomic E-state index is 0.0753. The molecule has 0 unspecified atom stereocenters. The molecule has 1 fully saturated rings. The fourth-order valence-electron chi connectivity index (χ4n) is 3.74. The van der Waals surface area contributed by atoms with Crippen molar-refractivity contribution in [2.75, 3.05) is 17.2 Å². The molecule has 1 saturated carbocycles. The number of hydrogen-bond acceptors (Lipinski definition) is 7. The van der Waals surface area contributed by atoms with Gasteiger partial charge in [-0.1, -0.05) is 23.4 Å². The van der Waals surface area contributed by atoms with Crippen LogP contribution in [0.2, 0.25) is 0 Å². The highest BCUT2D eigenvalue weighted by Gasteiger charge is 2.31. The maximum Gasteiger partial charge on any atom is 0.225 e. The summed E-state index contributed by atoms with van der Waals surface area (Å²) in [5.41, 5.74) is 1.84. The molecule has 164 valence electrons. The van der Waals surface area contributed by atoms with Crippen molar-refractivity contribution in [2.24, 2.45) is 5.92 Å². The van der Waals surface area contributed by atoms with E-state index >= 15 is 0 Å². The second kappa shape index (κ2) is 8.79. The fraction of sp³-hybridized carbons (Fsp3) is 0.273. The van der Waals surface area contributed by atoms with Crippen molar-refractivity contribution in [1.29, 1.82) is 0 Å². The van der Waals surface area contributed by atoms with Crippen LogP contribution in [0, 0.1) is 11.7 Å². The molecule has 2 heterocycles. The molecule has 0 saturated heterocycles. The van der Waals surface area contributed by atoms with Gasteiger partial charge in [0, 0.05) is 24.0 Å². The Kier molecular flexibility index (Phi) is 5.71. The van der Waals surface area contributed by atoms with Crippen LogP contribution < -0.4 is 10.6 Å². The summed E-state index contributed by atoms with van der Waals surface area (Å²) < 4.78 is 16.9. The molecule has 2 aromatic carbocycles. The highest BCUT2D eigenvalue weighted by molar-refractivity contribution is 9.10. The van der Waals surface area contributed by atoms with E-state index in [9.17, 15) is 9.50 Å². The van der Waals surface area contributed by atoms with E-state index in [0.29, 0.717) is 33.9 Å². The largest absolute Gasteiger partial charge is 0.396 e. The lowest BCUT2D eigenvalue weighted by molar-refractivity contribution is 0.147. The van der Waals surface area contributed by atoms with Crippen LogP contribution in [0.5, 0.6) is 0 Å². The number of anilines is 2. The number of nitrogens with zero attached hydrogens (tertiary/aromatic N) is 5. The second-order valence-corrected chi connectivity index (χ2v) is 8.62. The lowest BCUT2D eigenvalue weighted by Crippen LogP contribution is -2.40. The van der Waals surface area contributed by atoms with E-state index in [0.717, 1.165) is 18.5 Å². The van der Waals surface area contributed by atoms with E-state index in [4.69, 9.17) is 0 Å². The van der Waals surface area contributed by atoms with Gasteiger partial charge in [0.25, 0.3) is 0 Å². The zero-order valence-corrected chi connectivity index (χ0v) is 18.6. The number of benzene rings is 2. The van der Waals surface area contributed by atoms with Gasteiger partial charge in [0.2, 0.25) is 5.95 Å². The van der Waals surface area contributed by atoms with Gasteiger partial charge >= 0.3 is 0 Å². The van der Waals surface area contributed by atoms with Gasteiger partial charge in [-0.3, -0.25) is 0 Å². The summed E-state index contributed by atoms with van der Waals surface area (Å²) in [6.07, 6.45) is 3.70. The third kappa shape index (κ3) is 4.03. The number of aliphatic hydroxyl groups excluding tert-OH is 1. The normalized spacial score (nSPS) is 17.8. The smallest absolute Gasteiger partial charge is 0.225 e. The first-order valence-electron chi connectivity index (χ1n) is 10.4. The van der Waals surface area contributed by atoms with Crippen LogP contribution in [-0.2, 0) is 6.54 Å². The average molecular weight is 498 g/mol. The first-order chi connectivity index (χ1) is 15.6. The standard InChI is InChI=1S/C22H21BrFN7O/c23-17-8-7-16-20(19(17)24)27-22(26-18-9-6-13(18)12-32)28-21(16)25-10-14-11-31(30-29-14)15-4-2-1-3-5-15/h1-5,7-8,11,13,18,32H,6,9-10,12H2,(H2,25,26,27,28)/t13-,18-/m0/s1. The van der Waals surface area contributed by atoms with Gasteiger partial charge in [0.1, 0.15) is 17.0 Å². The molecule has 1 aliphatic rings. The summed E-state index contributed by atoms with van der Waals surface area (Å²) in [7, 11) is 0. The van der Waals surface area contributed by atoms with Gasteiger partial charge in [-0.25, -0.2) is 14.1 Å².